The van der Waals surface area contributed by atoms with Crippen molar-refractivity contribution in [1.29, 1.82) is 0 Å². The molecular weight excluding hydrogens is 288 g/mol. The quantitative estimate of drug-likeness (QED) is 0.425. The van der Waals surface area contributed by atoms with Crippen LogP contribution >= 0.6 is 0 Å². The maximum Gasteiger partial charge on any atom is 0.191 e. The van der Waals surface area contributed by atoms with Crippen molar-refractivity contribution < 1.29 is 5.11 Å². The number of hydrogen-bond acceptors (Lipinski definition) is 3. The highest BCUT2D eigenvalue weighted by Crippen LogP contribution is 2.30. The highest BCUT2D eigenvalue weighted by molar-refractivity contribution is 5.79. The number of aliphatic imine (C=N–C) groups is 1. The molecule has 136 valence electrons. The first-order chi connectivity index (χ1) is 11.1. The smallest absolute Gasteiger partial charge is 0.191 e. The molecule has 3 N–H and O–H groups in total. The summed E-state index contributed by atoms with van der Waals surface area (Å²) >= 11 is 0. The van der Waals surface area contributed by atoms with Crippen molar-refractivity contribution in [2.45, 2.75) is 53.4 Å². The largest absolute Gasteiger partial charge is 0.396 e. The number of nitrogens with one attached hydrogen (secondary N) is 2. The molecule has 5 heteroatoms. The Labute approximate surface area is 142 Å². The molecule has 0 saturated carbocycles. The second-order valence-corrected chi connectivity index (χ2v) is 6.80. The highest BCUT2D eigenvalue weighted by Gasteiger charge is 2.25. The number of aliphatic hydroxyl groups excluding tert-OH is 1. The number of likely N-dealkylation sites (tertiary alicyclic amines) is 1. The third-order valence-electron chi connectivity index (χ3n) is 5.43. The zero-order valence-corrected chi connectivity index (χ0v) is 15.7. The van der Waals surface area contributed by atoms with Crippen LogP contribution in [0.25, 0.3) is 0 Å². The maximum atomic E-state index is 9.34. The minimum absolute atomic E-state index is 0.128. The second-order valence-electron chi connectivity index (χ2n) is 6.80. The molecule has 0 spiro atoms. The van der Waals surface area contributed by atoms with Crippen LogP contribution in [0.1, 0.15) is 53.4 Å². The predicted octanol–water partition coefficient (Wildman–Crippen LogP) is 2.07. The molecule has 0 aliphatic carbocycles. The Kier molecular flexibility index (Phi) is 9.56. The summed E-state index contributed by atoms with van der Waals surface area (Å²) in [4.78, 5) is 7.33. The van der Waals surface area contributed by atoms with Crippen molar-refractivity contribution in [3.05, 3.63) is 0 Å². The van der Waals surface area contributed by atoms with Crippen molar-refractivity contribution >= 4 is 5.96 Å². The Morgan fingerprint density at radius 3 is 2.48 bits per heavy atom. The number of hydrogen-bond donors (Lipinski definition) is 3. The first-order valence-corrected chi connectivity index (χ1v) is 9.48. The minimum atomic E-state index is 0.128. The lowest BCUT2D eigenvalue weighted by Gasteiger charge is -2.29. The van der Waals surface area contributed by atoms with Crippen LogP contribution in [0.5, 0.6) is 0 Å². The monoisotopic (exact) mass is 326 g/mol. The van der Waals surface area contributed by atoms with Gasteiger partial charge in [0.2, 0.25) is 0 Å². The van der Waals surface area contributed by atoms with Gasteiger partial charge in [0.05, 0.1) is 0 Å². The van der Waals surface area contributed by atoms with Gasteiger partial charge in [-0.2, -0.15) is 0 Å². The van der Waals surface area contributed by atoms with E-state index in [1.165, 1.54) is 19.5 Å². The molecule has 0 amide bonds. The lowest BCUT2D eigenvalue weighted by atomic mass is 9.79. The first-order valence-electron chi connectivity index (χ1n) is 9.48. The van der Waals surface area contributed by atoms with Crippen molar-refractivity contribution in [3.8, 4) is 0 Å². The van der Waals surface area contributed by atoms with Gasteiger partial charge in [-0.05, 0) is 57.0 Å². The molecular formula is C18H38N4O. The second kappa shape index (κ2) is 10.9. The molecule has 5 nitrogen and oxygen atoms in total. The number of rotatable bonds is 10. The summed E-state index contributed by atoms with van der Waals surface area (Å²) in [6, 6.07) is 0. The number of aliphatic hydroxyl groups is 1. The predicted molar refractivity (Wildman–Crippen MR) is 98.9 cm³/mol. The van der Waals surface area contributed by atoms with Crippen LogP contribution in [0.3, 0.4) is 0 Å². The fourth-order valence-electron chi connectivity index (χ4n) is 3.34. The normalized spacial score (nSPS) is 20.0. The molecule has 0 radical (unpaired) electrons. The lowest BCUT2D eigenvalue weighted by Crippen LogP contribution is -2.41. The van der Waals surface area contributed by atoms with Crippen molar-refractivity contribution in [2.24, 2.45) is 16.3 Å². The van der Waals surface area contributed by atoms with Crippen LogP contribution in [0.4, 0.5) is 0 Å². The fourth-order valence-corrected chi connectivity index (χ4v) is 3.34. The summed E-state index contributed by atoms with van der Waals surface area (Å²) in [5.74, 6) is 1.64. The van der Waals surface area contributed by atoms with E-state index in [1.807, 2.05) is 0 Å². The van der Waals surface area contributed by atoms with Crippen molar-refractivity contribution in [3.63, 3.8) is 0 Å². The SMILES string of the molecule is CCNC(=NCC(CC)(CC)CCO)NCC1CCN(CC)C1. The van der Waals surface area contributed by atoms with Crippen molar-refractivity contribution in [1.82, 2.24) is 15.5 Å². The van der Waals surface area contributed by atoms with Gasteiger partial charge < -0.3 is 20.6 Å². The Morgan fingerprint density at radius 2 is 1.96 bits per heavy atom. The van der Waals surface area contributed by atoms with Crippen LogP contribution < -0.4 is 10.6 Å². The Morgan fingerprint density at radius 1 is 1.22 bits per heavy atom. The molecule has 1 unspecified atom stereocenters. The van der Waals surface area contributed by atoms with Crippen LogP contribution in [0.15, 0.2) is 4.99 Å². The van der Waals surface area contributed by atoms with E-state index >= 15 is 0 Å². The van der Waals surface area contributed by atoms with E-state index in [4.69, 9.17) is 4.99 Å². The minimum Gasteiger partial charge on any atom is -0.396 e. The van der Waals surface area contributed by atoms with Crippen molar-refractivity contribution in [2.75, 3.05) is 45.9 Å². The molecule has 1 fully saturated rings. The third-order valence-corrected chi connectivity index (χ3v) is 5.43. The summed E-state index contributed by atoms with van der Waals surface area (Å²) in [5.41, 5.74) is 0.128. The molecule has 1 rings (SSSR count). The van der Waals surface area contributed by atoms with Gasteiger partial charge in [-0.3, -0.25) is 4.99 Å². The molecule has 1 aliphatic rings. The average Bonchev–Trinajstić information content (AvgIpc) is 3.04. The van der Waals surface area contributed by atoms with E-state index < -0.39 is 0 Å². The molecule has 1 atom stereocenters. The summed E-state index contributed by atoms with van der Waals surface area (Å²) in [5, 5.41) is 16.2. The molecule has 1 aliphatic heterocycles. The van der Waals surface area contributed by atoms with E-state index in [9.17, 15) is 5.11 Å². The molecule has 1 saturated heterocycles. The van der Waals surface area contributed by atoms with Gasteiger partial charge >= 0.3 is 0 Å². The van der Waals surface area contributed by atoms with Crippen LogP contribution in [0.2, 0.25) is 0 Å². The van der Waals surface area contributed by atoms with E-state index in [1.54, 1.807) is 0 Å². The van der Waals surface area contributed by atoms with E-state index in [0.29, 0.717) is 0 Å². The maximum absolute atomic E-state index is 9.34. The molecule has 0 aromatic heterocycles. The molecule has 0 aromatic rings. The molecule has 23 heavy (non-hydrogen) atoms. The first kappa shape index (κ1) is 20.2. The van der Waals surface area contributed by atoms with Gasteiger partial charge in [0, 0.05) is 32.8 Å². The van der Waals surface area contributed by atoms with E-state index in [2.05, 4.69) is 43.2 Å². The standard InChI is InChI=1S/C18H38N4O/c1-5-18(6-2,10-12-23)15-21-17(19-7-3)20-13-16-9-11-22(8-4)14-16/h16,23H,5-15H2,1-4H3,(H2,19,20,21). The number of guanidine groups is 1. The lowest BCUT2D eigenvalue weighted by molar-refractivity contribution is 0.175. The zero-order valence-electron chi connectivity index (χ0n) is 15.7. The fraction of sp³-hybridized carbons (Fsp3) is 0.944. The van der Waals surface area contributed by atoms with Gasteiger partial charge in [-0.15, -0.1) is 0 Å². The average molecular weight is 327 g/mol. The number of nitrogens with zero attached hydrogens (tertiary/aromatic N) is 2. The van der Waals surface area contributed by atoms with Crippen LogP contribution in [-0.2, 0) is 0 Å². The van der Waals surface area contributed by atoms with Crippen LogP contribution in [0, 0.1) is 11.3 Å². The van der Waals surface area contributed by atoms with Gasteiger partial charge in [-0.1, -0.05) is 20.8 Å². The third kappa shape index (κ3) is 6.68. The van der Waals surface area contributed by atoms with Gasteiger partial charge in [0.25, 0.3) is 0 Å². The molecule has 1 heterocycles. The van der Waals surface area contributed by atoms with Crippen LogP contribution in [-0.4, -0.2) is 61.8 Å². The van der Waals surface area contributed by atoms with Gasteiger partial charge in [-0.25, -0.2) is 0 Å². The summed E-state index contributed by atoms with van der Waals surface area (Å²) < 4.78 is 0. The van der Waals surface area contributed by atoms with Gasteiger partial charge in [0.15, 0.2) is 5.96 Å². The molecule has 0 aromatic carbocycles. The summed E-state index contributed by atoms with van der Waals surface area (Å²) in [6.45, 7) is 15.2. The van der Waals surface area contributed by atoms with Gasteiger partial charge in [0.1, 0.15) is 0 Å². The van der Waals surface area contributed by atoms with E-state index in [-0.39, 0.29) is 12.0 Å². The zero-order chi connectivity index (χ0) is 17.1. The summed E-state index contributed by atoms with van der Waals surface area (Å²) in [7, 11) is 0. The highest BCUT2D eigenvalue weighted by atomic mass is 16.3. The molecule has 0 bridgehead atoms. The van der Waals surface area contributed by atoms with E-state index in [0.717, 1.165) is 57.3 Å². The Balaban J connectivity index is 2.55. The summed E-state index contributed by atoms with van der Waals surface area (Å²) in [6.07, 6.45) is 4.22. The Bertz CT molecular complexity index is 342. The Hall–Kier alpha value is -0.810. The topological polar surface area (TPSA) is 59.9 Å².